The number of benzene rings is 2. The first-order valence-electron chi connectivity index (χ1n) is 8.36. The Labute approximate surface area is 154 Å². The summed E-state index contributed by atoms with van der Waals surface area (Å²) in [6.45, 7) is 3.91. The molecule has 0 aliphatic rings. The lowest BCUT2D eigenvalue weighted by Crippen LogP contribution is -2.31. The zero-order valence-electron chi connectivity index (χ0n) is 15.2. The normalized spacial score (nSPS) is 12.3. The van der Waals surface area contributed by atoms with Crippen LogP contribution in [0.5, 0.6) is 5.75 Å². The molecule has 0 fully saturated rings. The number of amides is 1. The van der Waals surface area contributed by atoms with Crippen molar-refractivity contribution in [3.63, 3.8) is 0 Å². The SMILES string of the molecule is CCN(c1ccc(OCC(=O)N[C@@H](C)c2ccccc2)cc1)S(C)(=O)=O. The van der Waals surface area contributed by atoms with Gasteiger partial charge in [-0.1, -0.05) is 30.3 Å². The van der Waals surface area contributed by atoms with E-state index in [2.05, 4.69) is 5.32 Å². The maximum atomic E-state index is 12.0. The second kappa shape index (κ2) is 8.71. The summed E-state index contributed by atoms with van der Waals surface area (Å²) in [5.74, 6) is 0.276. The molecule has 0 aliphatic heterocycles. The summed E-state index contributed by atoms with van der Waals surface area (Å²) in [7, 11) is -3.32. The molecule has 0 radical (unpaired) electrons. The summed E-state index contributed by atoms with van der Waals surface area (Å²) >= 11 is 0. The number of sulfonamides is 1. The molecule has 0 aliphatic carbocycles. The maximum absolute atomic E-state index is 12.0. The first-order valence-corrected chi connectivity index (χ1v) is 10.2. The van der Waals surface area contributed by atoms with Gasteiger partial charge in [0.25, 0.3) is 5.91 Å². The van der Waals surface area contributed by atoms with Crippen LogP contribution in [-0.4, -0.2) is 33.7 Å². The lowest BCUT2D eigenvalue weighted by Gasteiger charge is -2.20. The second-order valence-electron chi connectivity index (χ2n) is 5.91. The van der Waals surface area contributed by atoms with Crippen LogP contribution in [0.4, 0.5) is 5.69 Å². The van der Waals surface area contributed by atoms with Crippen LogP contribution in [0.2, 0.25) is 0 Å². The van der Waals surface area contributed by atoms with Gasteiger partial charge in [-0.25, -0.2) is 8.42 Å². The van der Waals surface area contributed by atoms with Crippen molar-refractivity contribution in [2.45, 2.75) is 19.9 Å². The van der Waals surface area contributed by atoms with Gasteiger partial charge in [-0.05, 0) is 43.7 Å². The highest BCUT2D eigenvalue weighted by atomic mass is 32.2. The van der Waals surface area contributed by atoms with Gasteiger partial charge in [-0.3, -0.25) is 9.10 Å². The van der Waals surface area contributed by atoms with Crippen molar-refractivity contribution in [2.24, 2.45) is 0 Å². The van der Waals surface area contributed by atoms with E-state index in [9.17, 15) is 13.2 Å². The molecule has 1 atom stereocenters. The van der Waals surface area contributed by atoms with Crippen LogP contribution in [0.1, 0.15) is 25.5 Å². The summed E-state index contributed by atoms with van der Waals surface area (Å²) in [6.07, 6.45) is 1.17. The molecule has 0 bridgehead atoms. The number of anilines is 1. The molecule has 7 heteroatoms. The number of carbonyl (C=O) groups excluding carboxylic acids is 1. The minimum atomic E-state index is -3.32. The average molecular weight is 376 g/mol. The fourth-order valence-corrected chi connectivity index (χ4v) is 3.55. The first-order chi connectivity index (χ1) is 12.3. The number of hydrogen-bond acceptors (Lipinski definition) is 4. The van der Waals surface area contributed by atoms with Gasteiger partial charge < -0.3 is 10.1 Å². The van der Waals surface area contributed by atoms with Crippen molar-refractivity contribution in [1.29, 1.82) is 0 Å². The Morgan fingerprint density at radius 1 is 1.12 bits per heavy atom. The second-order valence-corrected chi connectivity index (χ2v) is 7.82. The topological polar surface area (TPSA) is 75.7 Å². The molecular formula is C19H24N2O4S. The summed E-state index contributed by atoms with van der Waals surface area (Å²) in [5.41, 5.74) is 1.58. The molecule has 0 saturated heterocycles. The predicted molar refractivity (Wildman–Crippen MR) is 103 cm³/mol. The van der Waals surface area contributed by atoms with Gasteiger partial charge in [-0.15, -0.1) is 0 Å². The van der Waals surface area contributed by atoms with Crippen molar-refractivity contribution in [2.75, 3.05) is 23.7 Å². The first kappa shape index (κ1) is 19.8. The third kappa shape index (κ3) is 5.49. The van der Waals surface area contributed by atoms with Crippen molar-refractivity contribution in [1.82, 2.24) is 5.32 Å². The van der Waals surface area contributed by atoms with E-state index in [1.54, 1.807) is 31.2 Å². The number of hydrogen-bond donors (Lipinski definition) is 1. The fourth-order valence-electron chi connectivity index (χ4n) is 2.57. The molecule has 0 spiro atoms. The summed E-state index contributed by atoms with van der Waals surface area (Å²) in [5, 5.41) is 2.87. The van der Waals surface area contributed by atoms with Gasteiger partial charge in [0.05, 0.1) is 18.0 Å². The Hall–Kier alpha value is -2.54. The quantitative estimate of drug-likeness (QED) is 0.769. The van der Waals surface area contributed by atoms with Crippen LogP contribution in [-0.2, 0) is 14.8 Å². The van der Waals surface area contributed by atoms with Gasteiger partial charge >= 0.3 is 0 Å². The zero-order valence-corrected chi connectivity index (χ0v) is 16.0. The van der Waals surface area contributed by atoms with Gasteiger partial charge in [0, 0.05) is 6.54 Å². The Balaban J connectivity index is 1.90. The molecule has 140 valence electrons. The number of nitrogens with one attached hydrogen (secondary N) is 1. The van der Waals surface area contributed by atoms with Crippen LogP contribution in [0, 0.1) is 0 Å². The van der Waals surface area contributed by atoms with Gasteiger partial charge in [0.15, 0.2) is 6.61 Å². The highest BCUT2D eigenvalue weighted by Crippen LogP contribution is 2.21. The molecule has 1 N–H and O–H groups in total. The van der Waals surface area contributed by atoms with Crippen LogP contribution >= 0.6 is 0 Å². The minimum absolute atomic E-state index is 0.109. The Morgan fingerprint density at radius 3 is 2.27 bits per heavy atom. The van der Waals surface area contributed by atoms with E-state index in [4.69, 9.17) is 4.74 Å². The standard InChI is InChI=1S/C19H24N2O4S/c1-4-21(26(3,23)24)17-10-12-18(13-11-17)25-14-19(22)20-15(2)16-8-6-5-7-9-16/h5-13,15H,4,14H2,1-3H3,(H,20,22)/t15-/m0/s1. The molecule has 1 amide bonds. The minimum Gasteiger partial charge on any atom is -0.484 e. The number of nitrogens with zero attached hydrogens (tertiary/aromatic N) is 1. The molecule has 2 rings (SSSR count). The van der Waals surface area contributed by atoms with E-state index < -0.39 is 10.0 Å². The number of ether oxygens (including phenoxy) is 1. The Kier molecular flexibility index (Phi) is 6.63. The lowest BCUT2D eigenvalue weighted by atomic mass is 10.1. The Bertz CT molecular complexity index is 820. The third-order valence-corrected chi connectivity index (χ3v) is 5.13. The molecule has 2 aromatic carbocycles. The highest BCUT2D eigenvalue weighted by molar-refractivity contribution is 7.92. The van der Waals surface area contributed by atoms with E-state index in [1.807, 2.05) is 37.3 Å². The average Bonchev–Trinajstić information content (AvgIpc) is 2.61. The molecular weight excluding hydrogens is 352 g/mol. The molecule has 6 nitrogen and oxygen atoms in total. The third-order valence-electron chi connectivity index (χ3n) is 3.86. The van der Waals surface area contributed by atoms with E-state index in [0.29, 0.717) is 18.0 Å². The molecule has 0 aromatic heterocycles. The van der Waals surface area contributed by atoms with Crippen LogP contribution < -0.4 is 14.4 Å². The van der Waals surface area contributed by atoms with E-state index in [1.165, 1.54) is 10.6 Å². The Morgan fingerprint density at radius 2 is 1.73 bits per heavy atom. The number of rotatable bonds is 8. The van der Waals surface area contributed by atoms with Gasteiger partial charge in [0.1, 0.15) is 5.75 Å². The van der Waals surface area contributed by atoms with Gasteiger partial charge in [0.2, 0.25) is 10.0 Å². The molecule has 26 heavy (non-hydrogen) atoms. The largest absolute Gasteiger partial charge is 0.484 e. The van der Waals surface area contributed by atoms with Crippen molar-refractivity contribution in [3.8, 4) is 5.75 Å². The van der Waals surface area contributed by atoms with Crippen LogP contribution in [0.3, 0.4) is 0 Å². The van der Waals surface area contributed by atoms with E-state index >= 15 is 0 Å². The number of carbonyl (C=O) groups is 1. The maximum Gasteiger partial charge on any atom is 0.258 e. The predicted octanol–water partition coefficient (Wildman–Crippen LogP) is 2.73. The molecule has 0 saturated carbocycles. The van der Waals surface area contributed by atoms with Crippen molar-refractivity contribution < 1.29 is 17.9 Å². The van der Waals surface area contributed by atoms with E-state index in [0.717, 1.165) is 5.56 Å². The van der Waals surface area contributed by atoms with Crippen LogP contribution in [0.25, 0.3) is 0 Å². The van der Waals surface area contributed by atoms with E-state index in [-0.39, 0.29) is 18.6 Å². The van der Waals surface area contributed by atoms with Crippen molar-refractivity contribution in [3.05, 3.63) is 60.2 Å². The molecule has 0 heterocycles. The van der Waals surface area contributed by atoms with Crippen LogP contribution in [0.15, 0.2) is 54.6 Å². The molecule has 2 aromatic rings. The van der Waals surface area contributed by atoms with Crippen molar-refractivity contribution >= 4 is 21.6 Å². The smallest absolute Gasteiger partial charge is 0.258 e. The summed E-state index contributed by atoms with van der Waals surface area (Å²) < 4.78 is 30.2. The highest BCUT2D eigenvalue weighted by Gasteiger charge is 2.15. The molecule has 0 unspecified atom stereocenters. The summed E-state index contributed by atoms with van der Waals surface area (Å²) in [6, 6.07) is 16.2. The summed E-state index contributed by atoms with van der Waals surface area (Å²) in [4.78, 5) is 12.0. The lowest BCUT2D eigenvalue weighted by molar-refractivity contribution is -0.123. The van der Waals surface area contributed by atoms with Gasteiger partial charge in [-0.2, -0.15) is 0 Å². The fraction of sp³-hybridized carbons (Fsp3) is 0.316. The monoisotopic (exact) mass is 376 g/mol. The zero-order chi connectivity index (χ0) is 19.2.